The van der Waals surface area contributed by atoms with Gasteiger partial charge in [-0.2, -0.15) is 0 Å². The predicted octanol–water partition coefficient (Wildman–Crippen LogP) is 4.57. The first kappa shape index (κ1) is 35.7. The van der Waals surface area contributed by atoms with Crippen LogP contribution in [0.3, 0.4) is 0 Å². The summed E-state index contributed by atoms with van der Waals surface area (Å²) in [7, 11) is 0. The van der Waals surface area contributed by atoms with Crippen molar-refractivity contribution in [1.82, 2.24) is 0 Å². The van der Waals surface area contributed by atoms with Gasteiger partial charge in [-0.15, -0.1) is 19.7 Å². The smallest absolute Gasteiger partial charge is 0.302 e. The molecule has 2 aromatic rings. The minimum Gasteiger partial charge on any atom is -0.463 e. The third-order valence-corrected chi connectivity index (χ3v) is 7.46. The van der Waals surface area contributed by atoms with Crippen molar-refractivity contribution >= 4 is 5.97 Å². The largest absolute Gasteiger partial charge is 0.463 e. The molecule has 2 heterocycles. The van der Waals surface area contributed by atoms with E-state index in [1.165, 1.54) is 6.92 Å². The van der Waals surface area contributed by atoms with Gasteiger partial charge in [-0.1, -0.05) is 78.9 Å². The lowest BCUT2D eigenvalue weighted by Gasteiger charge is -2.46. The van der Waals surface area contributed by atoms with Crippen LogP contribution in [0.15, 0.2) is 98.6 Å². The van der Waals surface area contributed by atoms with E-state index in [0.717, 1.165) is 11.1 Å². The van der Waals surface area contributed by atoms with Gasteiger partial charge in [0.15, 0.2) is 6.29 Å². The Balaban J connectivity index is 1.56. The number of benzene rings is 2. The number of carbonyl (C=O) groups is 1. The highest BCUT2D eigenvalue weighted by Crippen LogP contribution is 2.33. The average Bonchev–Trinajstić information content (AvgIpc) is 3.45. The van der Waals surface area contributed by atoms with Crippen LogP contribution in [0.2, 0.25) is 0 Å². The Morgan fingerprint density at radius 1 is 0.739 bits per heavy atom. The summed E-state index contributed by atoms with van der Waals surface area (Å²) in [5.41, 5.74) is 2.02. The van der Waals surface area contributed by atoms with Crippen LogP contribution < -0.4 is 0 Å². The molecule has 0 N–H and O–H groups in total. The van der Waals surface area contributed by atoms with Crippen LogP contribution in [0.1, 0.15) is 18.1 Å². The molecule has 0 aromatic heterocycles. The van der Waals surface area contributed by atoms with E-state index in [0.29, 0.717) is 19.8 Å². The fourth-order valence-electron chi connectivity index (χ4n) is 5.35. The maximum Gasteiger partial charge on any atom is 0.302 e. The summed E-state index contributed by atoms with van der Waals surface area (Å²) in [6.45, 7) is 14.6. The molecule has 0 amide bonds. The molecule has 2 aliphatic rings. The van der Waals surface area contributed by atoms with E-state index < -0.39 is 55.0 Å². The molecule has 8 atom stereocenters. The topological polar surface area (TPSA) is 100 Å². The Labute approximate surface area is 271 Å². The lowest BCUT2D eigenvalue weighted by Crippen LogP contribution is -2.63. The fourth-order valence-corrected chi connectivity index (χ4v) is 5.35. The van der Waals surface area contributed by atoms with Gasteiger partial charge in [-0.25, -0.2) is 0 Å². The quantitative estimate of drug-likeness (QED) is 0.151. The molecule has 0 saturated carbocycles. The second-order valence-corrected chi connectivity index (χ2v) is 10.9. The molecule has 2 fully saturated rings. The summed E-state index contributed by atoms with van der Waals surface area (Å²) in [5, 5.41) is 0. The molecule has 2 aromatic carbocycles. The second kappa shape index (κ2) is 19.5. The summed E-state index contributed by atoms with van der Waals surface area (Å²) in [6.07, 6.45) is -0.273. The minimum atomic E-state index is -0.963. The summed E-state index contributed by atoms with van der Waals surface area (Å²) in [4.78, 5) is 11.8. The molecule has 10 heteroatoms. The van der Waals surface area contributed by atoms with Crippen molar-refractivity contribution in [1.29, 1.82) is 0 Å². The van der Waals surface area contributed by atoms with Gasteiger partial charge in [0, 0.05) is 6.92 Å². The molecule has 2 saturated heterocycles. The molecule has 0 radical (unpaired) electrons. The monoisotopic (exact) mass is 638 g/mol. The van der Waals surface area contributed by atoms with E-state index in [2.05, 4.69) is 19.7 Å². The Hall–Kier alpha value is -3.19. The van der Waals surface area contributed by atoms with Gasteiger partial charge in [0.05, 0.1) is 46.2 Å². The Morgan fingerprint density at radius 2 is 1.33 bits per heavy atom. The van der Waals surface area contributed by atoms with E-state index in [-0.39, 0.29) is 33.0 Å². The summed E-state index contributed by atoms with van der Waals surface area (Å²) in [5.74, 6) is -0.449. The summed E-state index contributed by atoms with van der Waals surface area (Å²) in [6, 6.07) is 19.7. The van der Waals surface area contributed by atoms with Gasteiger partial charge in [0.2, 0.25) is 0 Å². The van der Waals surface area contributed by atoms with Gasteiger partial charge in [0.25, 0.3) is 0 Å². The van der Waals surface area contributed by atoms with Crippen molar-refractivity contribution in [2.24, 2.45) is 0 Å². The third kappa shape index (κ3) is 10.7. The minimum absolute atomic E-state index is 0.0795. The fraction of sp³-hybridized carbons (Fsp3) is 0.472. The molecule has 0 spiro atoms. The van der Waals surface area contributed by atoms with Crippen LogP contribution in [-0.2, 0) is 60.6 Å². The maximum absolute atomic E-state index is 11.8. The van der Waals surface area contributed by atoms with Crippen molar-refractivity contribution in [2.75, 3.05) is 39.6 Å². The summed E-state index contributed by atoms with van der Waals surface area (Å²) < 4.78 is 55.8. The Kier molecular flexibility index (Phi) is 15.1. The zero-order chi connectivity index (χ0) is 32.6. The molecule has 4 rings (SSSR count). The number of carbonyl (C=O) groups excluding carboxylic acids is 1. The van der Waals surface area contributed by atoms with E-state index in [1.54, 1.807) is 18.2 Å². The molecule has 46 heavy (non-hydrogen) atoms. The van der Waals surface area contributed by atoms with E-state index in [1.807, 2.05) is 60.7 Å². The standard InChI is InChI=1S/C36H46O10/c1-5-18-39-32-29(23-38-21-27-14-10-8-11-15-27)43-25-30(32)45-36-35(44-22-28-16-12-9-13-17-28)34(41-20-7-3)33(40-19-6-2)31(46-36)24-42-26(4)37/h5-17,29-36H,1-3,18-25H2,4H3/t29-,30+,31-,32-,33-,34+,35-,36?/m1/s1. The molecule has 250 valence electrons. The molecule has 1 unspecified atom stereocenters. The first-order valence-corrected chi connectivity index (χ1v) is 15.5. The highest BCUT2D eigenvalue weighted by molar-refractivity contribution is 5.65. The van der Waals surface area contributed by atoms with Crippen LogP contribution >= 0.6 is 0 Å². The molecule has 0 aliphatic carbocycles. The van der Waals surface area contributed by atoms with Crippen molar-refractivity contribution in [3.8, 4) is 0 Å². The highest BCUT2D eigenvalue weighted by Gasteiger charge is 2.51. The van der Waals surface area contributed by atoms with Gasteiger partial charge in [-0.3, -0.25) is 4.79 Å². The van der Waals surface area contributed by atoms with Crippen molar-refractivity contribution < 1.29 is 47.4 Å². The Bertz CT molecular complexity index is 1190. The molecule has 0 bridgehead atoms. The lowest BCUT2D eigenvalue weighted by atomic mass is 9.97. The van der Waals surface area contributed by atoms with Gasteiger partial charge >= 0.3 is 5.97 Å². The Morgan fingerprint density at radius 3 is 1.93 bits per heavy atom. The van der Waals surface area contributed by atoms with Crippen molar-refractivity contribution in [2.45, 2.75) is 69.2 Å². The number of esters is 1. The average molecular weight is 639 g/mol. The number of hydrogen-bond acceptors (Lipinski definition) is 10. The normalized spacial score (nSPS) is 27.6. The molecular formula is C36H46O10. The summed E-state index contributed by atoms with van der Waals surface area (Å²) >= 11 is 0. The second-order valence-electron chi connectivity index (χ2n) is 10.9. The first-order chi connectivity index (χ1) is 22.5. The van der Waals surface area contributed by atoms with Crippen LogP contribution in [-0.4, -0.2) is 94.6 Å². The zero-order valence-corrected chi connectivity index (χ0v) is 26.5. The molecule has 2 aliphatic heterocycles. The molecular weight excluding hydrogens is 592 g/mol. The lowest BCUT2D eigenvalue weighted by molar-refractivity contribution is -0.334. The van der Waals surface area contributed by atoms with Crippen LogP contribution in [0.25, 0.3) is 0 Å². The van der Waals surface area contributed by atoms with Crippen LogP contribution in [0, 0.1) is 0 Å². The van der Waals surface area contributed by atoms with Crippen LogP contribution in [0.4, 0.5) is 0 Å². The first-order valence-electron chi connectivity index (χ1n) is 15.5. The highest BCUT2D eigenvalue weighted by atomic mass is 16.7. The number of rotatable bonds is 20. The van der Waals surface area contributed by atoms with Crippen molar-refractivity contribution in [3.05, 3.63) is 110 Å². The zero-order valence-electron chi connectivity index (χ0n) is 26.5. The van der Waals surface area contributed by atoms with E-state index >= 15 is 0 Å². The van der Waals surface area contributed by atoms with Gasteiger partial charge in [-0.05, 0) is 11.1 Å². The predicted molar refractivity (Wildman–Crippen MR) is 171 cm³/mol. The maximum atomic E-state index is 11.8. The van der Waals surface area contributed by atoms with E-state index in [4.69, 9.17) is 42.6 Å². The SMILES string of the molecule is C=CCO[C@H]1[C@H](OCC=C)[C@@H](OCc2ccccc2)C(O[C@H]2CO[C@H](COCc3ccccc3)[C@H]2OCC=C)O[C@@H]1COC(C)=O. The van der Waals surface area contributed by atoms with Gasteiger partial charge < -0.3 is 42.6 Å². The third-order valence-electron chi connectivity index (χ3n) is 7.46. The number of ether oxygens (including phenoxy) is 9. The number of hydrogen-bond donors (Lipinski definition) is 0. The van der Waals surface area contributed by atoms with Gasteiger partial charge in [0.1, 0.15) is 49.3 Å². The van der Waals surface area contributed by atoms with E-state index in [9.17, 15) is 4.79 Å². The molecule has 10 nitrogen and oxygen atoms in total. The van der Waals surface area contributed by atoms with Crippen molar-refractivity contribution in [3.63, 3.8) is 0 Å². The van der Waals surface area contributed by atoms with Crippen LogP contribution in [0.5, 0.6) is 0 Å².